The van der Waals surface area contributed by atoms with Crippen LogP contribution in [0.25, 0.3) is 0 Å². The van der Waals surface area contributed by atoms with Gasteiger partial charge in [0.25, 0.3) is 0 Å². The van der Waals surface area contributed by atoms with Crippen LogP contribution in [0, 0.1) is 19.7 Å². The molecule has 1 amide bonds. The van der Waals surface area contributed by atoms with E-state index >= 15 is 0 Å². The van der Waals surface area contributed by atoms with Gasteiger partial charge in [0.05, 0.1) is 6.26 Å². The quantitative estimate of drug-likeness (QED) is 0.681. The van der Waals surface area contributed by atoms with Gasteiger partial charge in [-0.1, -0.05) is 12.1 Å². The van der Waals surface area contributed by atoms with Crippen molar-refractivity contribution in [3.63, 3.8) is 0 Å². The Bertz CT molecular complexity index is 995. The van der Waals surface area contributed by atoms with Gasteiger partial charge >= 0.3 is 5.69 Å². The van der Waals surface area contributed by atoms with E-state index in [1.165, 1.54) is 16.7 Å². The van der Waals surface area contributed by atoms with Crippen LogP contribution in [0.1, 0.15) is 35.1 Å². The summed E-state index contributed by atoms with van der Waals surface area (Å²) in [6, 6.07) is 11.7. The Kier molecular flexibility index (Phi) is 6.03. The Balaban J connectivity index is 1.64. The number of amides is 1. The number of hydrogen-bond acceptors (Lipinski definition) is 4. The summed E-state index contributed by atoms with van der Waals surface area (Å²) in [4.78, 5) is 28.1. The number of nitrogens with one attached hydrogen (secondary N) is 1. The van der Waals surface area contributed by atoms with E-state index < -0.39 is 5.69 Å². The van der Waals surface area contributed by atoms with E-state index in [0.29, 0.717) is 24.4 Å². The number of rotatable bonds is 7. The Morgan fingerprint density at radius 3 is 2.64 bits per heavy atom. The van der Waals surface area contributed by atoms with Gasteiger partial charge in [-0.3, -0.25) is 9.36 Å². The van der Waals surface area contributed by atoms with E-state index in [9.17, 15) is 14.0 Å². The molecule has 6 nitrogen and oxygen atoms in total. The van der Waals surface area contributed by atoms with E-state index in [-0.39, 0.29) is 24.2 Å². The lowest BCUT2D eigenvalue weighted by Crippen LogP contribution is -2.35. The third-order valence-electron chi connectivity index (χ3n) is 4.56. The molecule has 7 heteroatoms. The number of carbonyl (C=O) groups excluding carboxylic acids is 1. The van der Waals surface area contributed by atoms with Crippen LogP contribution in [0.3, 0.4) is 0 Å². The summed E-state index contributed by atoms with van der Waals surface area (Å²) in [7, 11) is 0. The molecule has 28 heavy (non-hydrogen) atoms. The first-order chi connectivity index (χ1) is 13.4. The summed E-state index contributed by atoms with van der Waals surface area (Å²) >= 11 is 0. The third kappa shape index (κ3) is 4.73. The predicted molar refractivity (Wildman–Crippen MR) is 103 cm³/mol. The molecule has 3 rings (SSSR count). The zero-order chi connectivity index (χ0) is 20.1. The van der Waals surface area contributed by atoms with Crippen molar-refractivity contribution >= 4 is 5.91 Å². The maximum Gasteiger partial charge on any atom is 0.348 e. The van der Waals surface area contributed by atoms with Crippen molar-refractivity contribution < 1.29 is 13.6 Å². The minimum Gasteiger partial charge on any atom is -0.469 e. The number of carbonyl (C=O) groups is 1. The normalized spacial score (nSPS) is 12.0. The monoisotopic (exact) mass is 383 g/mol. The van der Waals surface area contributed by atoms with Gasteiger partial charge in [0.1, 0.15) is 18.1 Å². The maximum atomic E-state index is 13.2. The zero-order valence-electron chi connectivity index (χ0n) is 15.8. The lowest BCUT2D eigenvalue weighted by atomic mass is 9.93. The second kappa shape index (κ2) is 8.65. The highest BCUT2D eigenvalue weighted by Crippen LogP contribution is 2.28. The van der Waals surface area contributed by atoms with E-state index in [1.807, 2.05) is 6.07 Å². The van der Waals surface area contributed by atoms with Crippen LogP contribution in [-0.2, 0) is 11.3 Å². The van der Waals surface area contributed by atoms with Crippen LogP contribution in [0.5, 0.6) is 0 Å². The number of nitrogens with zero attached hydrogens (tertiary/aromatic N) is 2. The highest BCUT2D eigenvalue weighted by molar-refractivity contribution is 5.75. The Hall–Kier alpha value is -3.22. The fourth-order valence-electron chi connectivity index (χ4n) is 3.18. The average Bonchev–Trinajstić information content (AvgIpc) is 3.17. The molecule has 1 aromatic carbocycles. The van der Waals surface area contributed by atoms with Gasteiger partial charge in [0.15, 0.2) is 0 Å². The smallest absolute Gasteiger partial charge is 0.348 e. The van der Waals surface area contributed by atoms with Crippen LogP contribution in [0.4, 0.5) is 4.39 Å². The molecule has 0 bridgehead atoms. The molecule has 2 aromatic heterocycles. The molecule has 2 heterocycles. The molecule has 0 aliphatic heterocycles. The average molecular weight is 383 g/mol. The molecule has 146 valence electrons. The van der Waals surface area contributed by atoms with Crippen LogP contribution in [-0.4, -0.2) is 22.0 Å². The van der Waals surface area contributed by atoms with Crippen molar-refractivity contribution in [1.82, 2.24) is 14.9 Å². The van der Waals surface area contributed by atoms with E-state index in [4.69, 9.17) is 4.42 Å². The second-order valence-electron chi connectivity index (χ2n) is 6.67. The minimum absolute atomic E-state index is 0.0834. The minimum atomic E-state index is -0.438. The molecule has 0 radical (unpaired) electrons. The first-order valence-corrected chi connectivity index (χ1v) is 9.04. The number of furan rings is 1. The molecule has 0 fully saturated rings. The second-order valence-corrected chi connectivity index (χ2v) is 6.67. The van der Waals surface area contributed by atoms with Crippen molar-refractivity contribution in [2.75, 3.05) is 6.54 Å². The number of aromatic nitrogens is 2. The van der Waals surface area contributed by atoms with Crippen LogP contribution >= 0.6 is 0 Å². The highest BCUT2D eigenvalue weighted by Gasteiger charge is 2.17. The Morgan fingerprint density at radius 2 is 2.00 bits per heavy atom. The van der Waals surface area contributed by atoms with Gasteiger partial charge in [-0.2, -0.15) is 4.98 Å². The number of aryl methyl sites for hydroxylation is 2. The van der Waals surface area contributed by atoms with Crippen LogP contribution in [0.15, 0.2) is 57.9 Å². The lowest BCUT2D eigenvalue weighted by Gasteiger charge is -2.16. The van der Waals surface area contributed by atoms with Crippen molar-refractivity contribution in [2.24, 2.45) is 0 Å². The number of hydrogen-bond donors (Lipinski definition) is 1. The summed E-state index contributed by atoms with van der Waals surface area (Å²) in [6.45, 7) is 3.81. The van der Waals surface area contributed by atoms with Gasteiger partial charge in [0.2, 0.25) is 5.91 Å². The van der Waals surface area contributed by atoms with Gasteiger partial charge in [-0.05, 0) is 56.2 Å². The fraction of sp³-hybridized carbons (Fsp3) is 0.286. The van der Waals surface area contributed by atoms with Crippen molar-refractivity contribution in [3.8, 4) is 0 Å². The van der Waals surface area contributed by atoms with Crippen molar-refractivity contribution in [3.05, 3.63) is 87.7 Å². The van der Waals surface area contributed by atoms with Gasteiger partial charge in [-0.25, -0.2) is 9.18 Å². The molecule has 1 N–H and O–H groups in total. The van der Waals surface area contributed by atoms with Crippen LogP contribution in [0.2, 0.25) is 0 Å². The molecule has 0 spiro atoms. The van der Waals surface area contributed by atoms with E-state index in [1.54, 1.807) is 44.4 Å². The first kappa shape index (κ1) is 19.5. The van der Waals surface area contributed by atoms with E-state index in [0.717, 1.165) is 11.3 Å². The third-order valence-corrected chi connectivity index (χ3v) is 4.56. The molecule has 0 saturated heterocycles. The molecular weight excluding hydrogens is 361 g/mol. The molecule has 1 atom stereocenters. The molecular formula is C21H22FN3O3. The molecule has 0 aliphatic rings. The van der Waals surface area contributed by atoms with Crippen LogP contribution < -0.4 is 11.0 Å². The topological polar surface area (TPSA) is 77.1 Å². The SMILES string of the molecule is Cc1cc(C)n(CC(=O)NCC[C@H](c2ccc(F)cc2)c2ccco2)c(=O)n1. The molecule has 0 aliphatic carbocycles. The standard InChI is InChI=1S/C21H22FN3O3/c1-14-12-15(2)25(21(27)24-14)13-20(26)23-10-9-18(19-4-3-11-28-19)16-5-7-17(22)8-6-16/h3-8,11-12,18H,9-10,13H2,1-2H3,(H,23,26)/t18-/m1/s1. The fourth-order valence-corrected chi connectivity index (χ4v) is 3.18. The highest BCUT2D eigenvalue weighted by atomic mass is 19.1. The zero-order valence-corrected chi connectivity index (χ0v) is 15.8. The summed E-state index contributed by atoms with van der Waals surface area (Å²) in [5.41, 5.74) is 1.78. The Morgan fingerprint density at radius 1 is 1.25 bits per heavy atom. The largest absolute Gasteiger partial charge is 0.469 e. The van der Waals surface area contributed by atoms with Crippen molar-refractivity contribution in [2.45, 2.75) is 32.7 Å². The maximum absolute atomic E-state index is 13.2. The summed E-state index contributed by atoms with van der Waals surface area (Å²) in [6.07, 6.45) is 2.16. The predicted octanol–water partition coefficient (Wildman–Crippen LogP) is 2.93. The van der Waals surface area contributed by atoms with Gasteiger partial charge in [-0.15, -0.1) is 0 Å². The number of benzene rings is 1. The van der Waals surface area contributed by atoms with E-state index in [2.05, 4.69) is 10.3 Å². The lowest BCUT2D eigenvalue weighted by molar-refractivity contribution is -0.121. The molecule has 0 unspecified atom stereocenters. The van der Waals surface area contributed by atoms with Crippen molar-refractivity contribution in [1.29, 1.82) is 0 Å². The first-order valence-electron chi connectivity index (χ1n) is 9.04. The van der Waals surface area contributed by atoms with Gasteiger partial charge < -0.3 is 9.73 Å². The summed E-state index contributed by atoms with van der Waals surface area (Å²) in [5, 5.41) is 2.83. The number of halogens is 1. The Labute approximate surface area is 162 Å². The molecule has 3 aromatic rings. The molecule has 0 saturated carbocycles. The summed E-state index contributed by atoms with van der Waals surface area (Å²) < 4.78 is 20.1. The van der Waals surface area contributed by atoms with Gasteiger partial charge in [0, 0.05) is 23.9 Å². The summed E-state index contributed by atoms with van der Waals surface area (Å²) in [5.74, 6) is 0.0629.